The number of pyridine rings is 1. The molecule has 1 saturated heterocycles. The average Bonchev–Trinajstić information content (AvgIpc) is 2.41. The first-order valence-corrected chi connectivity index (χ1v) is 8.29. The first-order valence-electron chi connectivity index (χ1n) is 7.24. The fraction of sp³-hybridized carbons (Fsp3) is 0.667. The molecule has 19 heavy (non-hydrogen) atoms. The number of nitrogens with zero attached hydrogens (tertiary/aromatic N) is 2. The summed E-state index contributed by atoms with van der Waals surface area (Å²) in [5.41, 5.74) is 2.48. The largest absolute Gasteiger partial charge is 0.355 e. The summed E-state index contributed by atoms with van der Waals surface area (Å²) in [7, 11) is 0. The van der Waals surface area contributed by atoms with Crippen LogP contribution in [-0.2, 0) is 6.54 Å². The maximum absolute atomic E-state index is 4.79. The van der Waals surface area contributed by atoms with Crippen molar-refractivity contribution in [1.82, 2.24) is 10.3 Å². The Kier molecular flexibility index (Phi) is 5.52. The fourth-order valence-corrected chi connectivity index (χ4v) is 3.38. The van der Waals surface area contributed by atoms with Gasteiger partial charge < -0.3 is 10.2 Å². The van der Waals surface area contributed by atoms with Gasteiger partial charge in [-0.05, 0) is 31.5 Å². The Morgan fingerprint density at radius 3 is 3.00 bits per heavy atom. The molecule has 2 heterocycles. The Morgan fingerprint density at radius 1 is 1.47 bits per heavy atom. The van der Waals surface area contributed by atoms with Gasteiger partial charge in [0, 0.05) is 36.3 Å². The predicted octanol–water partition coefficient (Wildman–Crippen LogP) is 2.83. The minimum Gasteiger partial charge on any atom is -0.355 e. The van der Waals surface area contributed by atoms with E-state index < -0.39 is 0 Å². The lowest BCUT2D eigenvalue weighted by Gasteiger charge is -2.31. The molecule has 0 spiro atoms. The highest BCUT2D eigenvalue weighted by Crippen LogP contribution is 2.23. The molecule has 1 aliphatic rings. The molecule has 3 nitrogen and oxygen atoms in total. The Labute approximate surface area is 121 Å². The van der Waals surface area contributed by atoms with Gasteiger partial charge in [-0.1, -0.05) is 19.9 Å². The van der Waals surface area contributed by atoms with Gasteiger partial charge in [-0.25, -0.2) is 4.98 Å². The van der Waals surface area contributed by atoms with Crippen LogP contribution in [0.15, 0.2) is 12.1 Å². The van der Waals surface area contributed by atoms with Crippen molar-refractivity contribution in [2.24, 2.45) is 0 Å². The zero-order valence-electron chi connectivity index (χ0n) is 12.3. The van der Waals surface area contributed by atoms with Crippen LogP contribution in [0.3, 0.4) is 0 Å². The number of hydrogen-bond donors (Lipinski definition) is 1. The number of aryl methyl sites for hydroxylation is 1. The van der Waals surface area contributed by atoms with E-state index in [1.54, 1.807) is 0 Å². The highest BCUT2D eigenvalue weighted by molar-refractivity contribution is 8.00. The minimum absolute atomic E-state index is 0.710. The van der Waals surface area contributed by atoms with Crippen molar-refractivity contribution in [2.75, 3.05) is 30.3 Å². The zero-order valence-corrected chi connectivity index (χ0v) is 13.1. The lowest BCUT2D eigenvalue weighted by Crippen LogP contribution is -2.37. The van der Waals surface area contributed by atoms with Crippen LogP contribution >= 0.6 is 11.8 Å². The average molecular weight is 279 g/mol. The molecule has 0 saturated carbocycles. The summed E-state index contributed by atoms with van der Waals surface area (Å²) in [6.45, 7) is 10.8. The maximum Gasteiger partial charge on any atom is 0.128 e. The van der Waals surface area contributed by atoms with Crippen LogP contribution in [0.2, 0.25) is 0 Å². The van der Waals surface area contributed by atoms with Gasteiger partial charge in [0.2, 0.25) is 0 Å². The van der Waals surface area contributed by atoms with E-state index in [2.05, 4.69) is 54.9 Å². The molecule has 4 heteroatoms. The third-order valence-electron chi connectivity index (χ3n) is 3.49. The summed E-state index contributed by atoms with van der Waals surface area (Å²) >= 11 is 2.06. The molecule has 1 atom stereocenters. The highest BCUT2D eigenvalue weighted by Gasteiger charge is 2.18. The van der Waals surface area contributed by atoms with Crippen LogP contribution in [-0.4, -0.2) is 35.6 Å². The molecule has 0 amide bonds. The molecule has 0 aliphatic carbocycles. The number of thioether (sulfide) groups is 1. The number of aromatic nitrogens is 1. The van der Waals surface area contributed by atoms with Gasteiger partial charge in [0.1, 0.15) is 5.82 Å². The molecular weight excluding hydrogens is 254 g/mol. The highest BCUT2D eigenvalue weighted by atomic mass is 32.2. The molecule has 1 aromatic rings. The third kappa shape index (κ3) is 4.11. The number of rotatable bonds is 5. The Morgan fingerprint density at radius 2 is 2.32 bits per heavy atom. The van der Waals surface area contributed by atoms with Crippen molar-refractivity contribution in [3.8, 4) is 0 Å². The van der Waals surface area contributed by atoms with Crippen molar-refractivity contribution >= 4 is 17.6 Å². The standard InChI is InChI=1S/C15H25N3S/c1-4-7-16-10-14-5-6-15(17-13(14)3)18-8-9-19-12(2)11-18/h5-6,12,16H,4,7-11H2,1-3H3. The van der Waals surface area contributed by atoms with E-state index in [0.717, 1.165) is 37.7 Å². The number of nitrogens with one attached hydrogen (secondary N) is 1. The Balaban J connectivity index is 2.01. The second-order valence-corrected chi connectivity index (χ2v) is 6.76. The molecule has 106 valence electrons. The van der Waals surface area contributed by atoms with Crippen molar-refractivity contribution in [3.05, 3.63) is 23.4 Å². The van der Waals surface area contributed by atoms with Crippen LogP contribution in [0.1, 0.15) is 31.5 Å². The Bertz CT molecular complexity index is 408. The van der Waals surface area contributed by atoms with Crippen LogP contribution in [0, 0.1) is 6.92 Å². The van der Waals surface area contributed by atoms with E-state index in [1.807, 2.05) is 0 Å². The second kappa shape index (κ2) is 7.15. The molecule has 0 aromatic carbocycles. The number of anilines is 1. The van der Waals surface area contributed by atoms with Crippen molar-refractivity contribution in [1.29, 1.82) is 0 Å². The lowest BCUT2D eigenvalue weighted by atomic mass is 10.2. The number of hydrogen-bond acceptors (Lipinski definition) is 4. The van der Waals surface area contributed by atoms with Gasteiger partial charge in [0.25, 0.3) is 0 Å². The van der Waals surface area contributed by atoms with Crippen LogP contribution in [0.4, 0.5) is 5.82 Å². The van der Waals surface area contributed by atoms with Gasteiger partial charge in [0.15, 0.2) is 0 Å². The van der Waals surface area contributed by atoms with E-state index in [-0.39, 0.29) is 0 Å². The molecule has 1 fully saturated rings. The van der Waals surface area contributed by atoms with Crippen LogP contribution in [0.25, 0.3) is 0 Å². The molecule has 1 aliphatic heterocycles. The monoisotopic (exact) mass is 279 g/mol. The van der Waals surface area contributed by atoms with Crippen molar-refractivity contribution in [2.45, 2.75) is 39.0 Å². The smallest absolute Gasteiger partial charge is 0.128 e. The van der Waals surface area contributed by atoms with Crippen molar-refractivity contribution in [3.63, 3.8) is 0 Å². The van der Waals surface area contributed by atoms with E-state index in [4.69, 9.17) is 4.98 Å². The maximum atomic E-state index is 4.79. The van der Waals surface area contributed by atoms with Gasteiger partial charge in [0.05, 0.1) is 0 Å². The van der Waals surface area contributed by atoms with Gasteiger partial charge in [-0.15, -0.1) is 0 Å². The summed E-state index contributed by atoms with van der Waals surface area (Å²) in [5, 5.41) is 4.15. The van der Waals surface area contributed by atoms with Gasteiger partial charge in [-0.2, -0.15) is 11.8 Å². The summed E-state index contributed by atoms with van der Waals surface area (Å²) in [6.07, 6.45) is 1.17. The fourth-order valence-electron chi connectivity index (χ4n) is 2.37. The van der Waals surface area contributed by atoms with Gasteiger partial charge >= 0.3 is 0 Å². The summed E-state index contributed by atoms with van der Waals surface area (Å²) in [5.74, 6) is 2.35. The van der Waals surface area contributed by atoms with E-state index in [0.29, 0.717) is 5.25 Å². The first-order chi connectivity index (χ1) is 9.20. The predicted molar refractivity (Wildman–Crippen MR) is 85.1 cm³/mol. The van der Waals surface area contributed by atoms with Crippen molar-refractivity contribution < 1.29 is 0 Å². The van der Waals surface area contributed by atoms with E-state index in [9.17, 15) is 0 Å². The Hall–Kier alpha value is -0.740. The van der Waals surface area contributed by atoms with Crippen LogP contribution in [0.5, 0.6) is 0 Å². The molecule has 1 N–H and O–H groups in total. The quantitative estimate of drug-likeness (QED) is 0.839. The lowest BCUT2D eigenvalue weighted by molar-refractivity contribution is 0.670. The summed E-state index contributed by atoms with van der Waals surface area (Å²) in [4.78, 5) is 7.20. The molecular formula is C15H25N3S. The molecule has 1 unspecified atom stereocenters. The molecule has 2 rings (SSSR count). The van der Waals surface area contributed by atoms with Gasteiger partial charge in [-0.3, -0.25) is 0 Å². The summed E-state index contributed by atoms with van der Waals surface area (Å²) in [6, 6.07) is 4.41. The SMILES string of the molecule is CCCNCc1ccc(N2CCSC(C)C2)nc1C. The second-order valence-electron chi connectivity index (χ2n) is 5.22. The third-order valence-corrected chi connectivity index (χ3v) is 4.62. The topological polar surface area (TPSA) is 28.2 Å². The van der Waals surface area contributed by atoms with E-state index in [1.165, 1.54) is 17.7 Å². The van der Waals surface area contributed by atoms with E-state index >= 15 is 0 Å². The normalized spacial score (nSPS) is 19.7. The molecule has 1 aromatic heterocycles. The molecule has 0 radical (unpaired) electrons. The molecule has 0 bridgehead atoms. The minimum atomic E-state index is 0.710. The summed E-state index contributed by atoms with van der Waals surface area (Å²) < 4.78 is 0. The van der Waals surface area contributed by atoms with Crippen LogP contribution < -0.4 is 10.2 Å². The first kappa shape index (κ1) is 14.7. The zero-order chi connectivity index (χ0) is 13.7.